The minimum Gasteiger partial charge on any atom is -0.345 e. The van der Waals surface area contributed by atoms with Crippen LogP contribution >= 0.6 is 11.3 Å². The highest BCUT2D eigenvalue weighted by Gasteiger charge is 2.31. The number of amides is 1. The van der Waals surface area contributed by atoms with Crippen molar-refractivity contribution < 1.29 is 4.79 Å². The number of carbonyl (C=O) groups is 1. The molecule has 0 unspecified atom stereocenters. The highest BCUT2D eigenvalue weighted by Crippen LogP contribution is 2.40. The summed E-state index contributed by atoms with van der Waals surface area (Å²) in [4.78, 5) is 18.2. The smallest absolute Gasteiger partial charge is 0.252 e. The van der Waals surface area contributed by atoms with Crippen LogP contribution in [-0.2, 0) is 12.8 Å². The molecule has 2 aromatic rings. The first-order chi connectivity index (χ1) is 11.4. The van der Waals surface area contributed by atoms with Gasteiger partial charge in [0.25, 0.3) is 5.91 Å². The van der Waals surface area contributed by atoms with Gasteiger partial charge < -0.3 is 5.32 Å². The monoisotopic (exact) mass is 342 g/mol. The van der Waals surface area contributed by atoms with Crippen molar-refractivity contribution in [2.45, 2.75) is 53.0 Å². The largest absolute Gasteiger partial charge is 0.345 e. The zero-order valence-corrected chi connectivity index (χ0v) is 15.7. The van der Waals surface area contributed by atoms with Crippen LogP contribution < -0.4 is 5.32 Å². The van der Waals surface area contributed by atoms with Crippen LogP contribution in [0.15, 0.2) is 29.9 Å². The molecule has 0 radical (unpaired) electrons. The maximum atomic E-state index is 12.7. The lowest BCUT2D eigenvalue weighted by Crippen LogP contribution is -2.29. The second kappa shape index (κ2) is 6.67. The van der Waals surface area contributed by atoms with Gasteiger partial charge in [0.15, 0.2) is 0 Å². The van der Waals surface area contributed by atoms with Crippen LogP contribution in [0.5, 0.6) is 0 Å². The van der Waals surface area contributed by atoms with Gasteiger partial charge in [-0.05, 0) is 60.8 Å². The second-order valence-corrected chi connectivity index (χ2v) is 8.80. The van der Waals surface area contributed by atoms with Gasteiger partial charge in [-0.15, -0.1) is 11.3 Å². The summed E-state index contributed by atoms with van der Waals surface area (Å²) in [5.41, 5.74) is 3.57. The van der Waals surface area contributed by atoms with Gasteiger partial charge in [0, 0.05) is 22.7 Å². The van der Waals surface area contributed by atoms with Crippen molar-refractivity contribution in [3.8, 4) is 0 Å². The molecule has 0 aliphatic heterocycles. The molecule has 2 aromatic heterocycles. The molecule has 0 fully saturated rings. The SMILES string of the molecule is C[C@H](NC(=O)c1csc2c1CC[C@@H](C(C)(C)C)C2)c1ccncc1. The zero-order valence-electron chi connectivity index (χ0n) is 14.9. The minimum absolute atomic E-state index is 0.0121. The molecule has 4 heteroatoms. The fraction of sp³-hybridized carbons (Fsp3) is 0.500. The fourth-order valence-corrected chi connectivity index (χ4v) is 4.61. The van der Waals surface area contributed by atoms with E-state index >= 15 is 0 Å². The molecule has 0 spiro atoms. The van der Waals surface area contributed by atoms with E-state index in [2.05, 4.69) is 31.1 Å². The third-order valence-corrected chi connectivity index (χ3v) is 6.23. The summed E-state index contributed by atoms with van der Waals surface area (Å²) < 4.78 is 0. The third kappa shape index (κ3) is 3.54. The van der Waals surface area contributed by atoms with Gasteiger partial charge in [-0.3, -0.25) is 9.78 Å². The summed E-state index contributed by atoms with van der Waals surface area (Å²) in [6, 6.07) is 3.88. The number of aromatic nitrogens is 1. The Labute approximate surface area is 148 Å². The molecule has 0 saturated heterocycles. The standard InChI is InChI=1S/C20H26N2OS/c1-13(14-7-9-21-10-8-14)22-19(23)17-12-24-18-11-15(20(2,3)4)5-6-16(17)18/h7-10,12-13,15H,5-6,11H2,1-4H3,(H,22,23)/t13-,15+/m0/s1. The molecule has 24 heavy (non-hydrogen) atoms. The molecule has 128 valence electrons. The van der Waals surface area contributed by atoms with Crippen LogP contribution in [0.25, 0.3) is 0 Å². The highest BCUT2D eigenvalue weighted by atomic mass is 32.1. The quantitative estimate of drug-likeness (QED) is 0.872. The van der Waals surface area contributed by atoms with Crippen molar-refractivity contribution in [2.24, 2.45) is 11.3 Å². The summed E-state index contributed by atoms with van der Waals surface area (Å²) in [5, 5.41) is 5.18. The lowest BCUT2D eigenvalue weighted by molar-refractivity contribution is 0.0938. The molecular weight excluding hydrogens is 316 g/mol. The van der Waals surface area contributed by atoms with E-state index in [4.69, 9.17) is 0 Å². The van der Waals surface area contributed by atoms with E-state index in [9.17, 15) is 4.79 Å². The van der Waals surface area contributed by atoms with Crippen LogP contribution in [0.1, 0.15) is 66.5 Å². The number of hydrogen-bond donors (Lipinski definition) is 1. The molecule has 1 aliphatic carbocycles. The number of thiophene rings is 1. The lowest BCUT2D eigenvalue weighted by Gasteiger charge is -2.34. The average Bonchev–Trinajstić information content (AvgIpc) is 2.98. The van der Waals surface area contributed by atoms with Crippen LogP contribution in [-0.4, -0.2) is 10.9 Å². The first-order valence-corrected chi connectivity index (χ1v) is 9.54. The van der Waals surface area contributed by atoms with Gasteiger partial charge in [-0.1, -0.05) is 20.8 Å². The van der Waals surface area contributed by atoms with E-state index < -0.39 is 0 Å². The van der Waals surface area contributed by atoms with E-state index in [1.54, 1.807) is 23.7 Å². The van der Waals surface area contributed by atoms with Crippen molar-refractivity contribution >= 4 is 17.2 Å². The summed E-state index contributed by atoms with van der Waals surface area (Å²) in [6.45, 7) is 8.97. The Morgan fingerprint density at radius 1 is 1.33 bits per heavy atom. The van der Waals surface area contributed by atoms with Crippen molar-refractivity contribution in [3.05, 3.63) is 51.5 Å². The van der Waals surface area contributed by atoms with E-state index in [1.165, 1.54) is 16.9 Å². The van der Waals surface area contributed by atoms with Gasteiger partial charge in [-0.2, -0.15) is 0 Å². The number of carbonyl (C=O) groups excluding carboxylic acids is 1. The van der Waals surface area contributed by atoms with Crippen LogP contribution in [0.4, 0.5) is 0 Å². The lowest BCUT2D eigenvalue weighted by atomic mass is 9.72. The molecule has 0 saturated carbocycles. The first kappa shape index (κ1) is 17.2. The molecule has 0 aromatic carbocycles. The Kier molecular flexibility index (Phi) is 4.77. The number of pyridine rings is 1. The number of nitrogens with zero attached hydrogens (tertiary/aromatic N) is 1. The van der Waals surface area contributed by atoms with E-state index in [0.29, 0.717) is 11.3 Å². The van der Waals surface area contributed by atoms with Gasteiger partial charge in [0.05, 0.1) is 11.6 Å². The Bertz CT molecular complexity index is 715. The van der Waals surface area contributed by atoms with Gasteiger partial charge in [0.2, 0.25) is 0 Å². The normalized spacial score (nSPS) is 18.8. The summed E-state index contributed by atoms with van der Waals surface area (Å²) in [7, 11) is 0. The Morgan fingerprint density at radius 3 is 2.71 bits per heavy atom. The fourth-order valence-electron chi connectivity index (χ4n) is 3.45. The number of hydrogen-bond acceptors (Lipinski definition) is 3. The predicted octanol–water partition coefficient (Wildman–Crippen LogP) is 4.79. The topological polar surface area (TPSA) is 42.0 Å². The highest BCUT2D eigenvalue weighted by molar-refractivity contribution is 7.10. The summed E-state index contributed by atoms with van der Waals surface area (Å²) in [6.07, 6.45) is 6.82. The van der Waals surface area contributed by atoms with Crippen molar-refractivity contribution in [3.63, 3.8) is 0 Å². The molecule has 3 nitrogen and oxygen atoms in total. The van der Waals surface area contributed by atoms with E-state index in [-0.39, 0.29) is 11.9 Å². The third-order valence-electron chi connectivity index (χ3n) is 5.18. The molecular formula is C20H26N2OS. The van der Waals surface area contributed by atoms with Crippen molar-refractivity contribution in [2.75, 3.05) is 0 Å². The number of nitrogens with one attached hydrogen (secondary N) is 1. The predicted molar refractivity (Wildman–Crippen MR) is 99.4 cm³/mol. The van der Waals surface area contributed by atoms with Crippen molar-refractivity contribution in [1.29, 1.82) is 0 Å². The summed E-state index contributed by atoms with van der Waals surface area (Å²) >= 11 is 1.75. The molecule has 1 aliphatic rings. The first-order valence-electron chi connectivity index (χ1n) is 8.66. The number of rotatable bonds is 3. The van der Waals surface area contributed by atoms with E-state index in [0.717, 1.165) is 24.0 Å². The molecule has 2 atom stereocenters. The molecule has 1 amide bonds. The molecule has 1 N–H and O–H groups in total. The second-order valence-electron chi connectivity index (χ2n) is 7.83. The van der Waals surface area contributed by atoms with Crippen molar-refractivity contribution in [1.82, 2.24) is 10.3 Å². The van der Waals surface area contributed by atoms with Gasteiger partial charge in [0.1, 0.15) is 0 Å². The Hall–Kier alpha value is -1.68. The Balaban J connectivity index is 1.73. The maximum Gasteiger partial charge on any atom is 0.252 e. The summed E-state index contributed by atoms with van der Waals surface area (Å²) in [5.74, 6) is 0.751. The average molecular weight is 343 g/mol. The van der Waals surface area contributed by atoms with Gasteiger partial charge in [-0.25, -0.2) is 0 Å². The van der Waals surface area contributed by atoms with E-state index in [1.807, 2.05) is 24.4 Å². The maximum absolute atomic E-state index is 12.7. The number of fused-ring (bicyclic) bond motifs is 1. The van der Waals surface area contributed by atoms with Crippen LogP contribution in [0.2, 0.25) is 0 Å². The molecule has 0 bridgehead atoms. The van der Waals surface area contributed by atoms with Crippen LogP contribution in [0, 0.1) is 11.3 Å². The zero-order chi connectivity index (χ0) is 17.3. The van der Waals surface area contributed by atoms with Gasteiger partial charge >= 0.3 is 0 Å². The Morgan fingerprint density at radius 2 is 2.04 bits per heavy atom. The van der Waals surface area contributed by atoms with Crippen LogP contribution in [0.3, 0.4) is 0 Å². The molecule has 2 heterocycles. The minimum atomic E-state index is -0.0121. The molecule has 3 rings (SSSR count).